The van der Waals surface area contributed by atoms with E-state index in [0.717, 1.165) is 28.0 Å². The van der Waals surface area contributed by atoms with Crippen molar-refractivity contribution in [2.24, 2.45) is 5.73 Å². The van der Waals surface area contributed by atoms with Gasteiger partial charge in [-0.3, -0.25) is 0 Å². The highest BCUT2D eigenvalue weighted by Gasteiger charge is 2.20. The fourth-order valence-corrected chi connectivity index (χ4v) is 2.20. The molecule has 0 spiro atoms. The number of rotatable bonds is 2. The molecule has 3 nitrogen and oxygen atoms in total. The molecule has 1 atom stereocenters. The second-order valence-electron chi connectivity index (χ2n) is 3.89. The molecule has 1 aromatic carbocycles. The van der Waals surface area contributed by atoms with Gasteiger partial charge in [0, 0.05) is 16.1 Å². The van der Waals surface area contributed by atoms with Crippen LogP contribution in [0.2, 0.25) is 0 Å². The van der Waals surface area contributed by atoms with Gasteiger partial charge in [-0.15, -0.1) is 0 Å². The van der Waals surface area contributed by atoms with Gasteiger partial charge in [-0.05, 0) is 31.9 Å². The van der Waals surface area contributed by atoms with Crippen molar-refractivity contribution < 1.29 is 9.47 Å². The van der Waals surface area contributed by atoms with Gasteiger partial charge in [-0.25, -0.2) is 0 Å². The highest BCUT2D eigenvalue weighted by atomic mass is 79.9. The zero-order valence-corrected chi connectivity index (χ0v) is 10.4. The molecule has 1 heterocycles. The zero-order valence-electron chi connectivity index (χ0n) is 8.84. The summed E-state index contributed by atoms with van der Waals surface area (Å²) in [6.07, 6.45) is 0.831. The quantitative estimate of drug-likeness (QED) is 0.899. The fourth-order valence-electron chi connectivity index (χ4n) is 1.75. The van der Waals surface area contributed by atoms with Gasteiger partial charge in [0.1, 0.15) is 0 Å². The number of fused-ring (bicyclic) bond motifs is 1. The van der Waals surface area contributed by atoms with Crippen molar-refractivity contribution >= 4 is 15.9 Å². The van der Waals surface area contributed by atoms with Gasteiger partial charge >= 0.3 is 0 Å². The predicted octanol–water partition coefficient (Wildman–Crippen LogP) is 2.38. The van der Waals surface area contributed by atoms with E-state index in [1.807, 2.05) is 19.9 Å². The fraction of sp³-hybridized carbons (Fsp3) is 0.455. The smallest absolute Gasteiger partial charge is 0.231 e. The maximum Gasteiger partial charge on any atom is 0.231 e. The van der Waals surface area contributed by atoms with Gasteiger partial charge in [0.25, 0.3) is 0 Å². The summed E-state index contributed by atoms with van der Waals surface area (Å²) < 4.78 is 11.8. The van der Waals surface area contributed by atoms with Gasteiger partial charge in [-0.2, -0.15) is 0 Å². The predicted molar refractivity (Wildman–Crippen MR) is 62.4 cm³/mol. The van der Waals surface area contributed by atoms with Crippen LogP contribution in [0.1, 0.15) is 18.1 Å². The molecule has 0 saturated heterocycles. The minimum absolute atomic E-state index is 0.140. The van der Waals surface area contributed by atoms with E-state index in [-0.39, 0.29) is 6.04 Å². The molecule has 0 amide bonds. The number of nitrogens with two attached hydrogens (primary N) is 1. The van der Waals surface area contributed by atoms with E-state index in [1.165, 1.54) is 5.56 Å². The van der Waals surface area contributed by atoms with Gasteiger partial charge in [0.2, 0.25) is 6.79 Å². The molecule has 0 aliphatic carbocycles. The lowest BCUT2D eigenvalue weighted by Gasteiger charge is -2.11. The van der Waals surface area contributed by atoms with Crippen molar-refractivity contribution in [2.45, 2.75) is 26.3 Å². The van der Waals surface area contributed by atoms with Gasteiger partial charge in [0.05, 0.1) is 0 Å². The summed E-state index contributed by atoms with van der Waals surface area (Å²) >= 11 is 3.57. The molecule has 0 bridgehead atoms. The van der Waals surface area contributed by atoms with Crippen LogP contribution in [0.15, 0.2) is 10.5 Å². The van der Waals surface area contributed by atoms with Crippen molar-refractivity contribution in [3.8, 4) is 11.5 Å². The third-order valence-corrected chi connectivity index (χ3v) is 3.54. The minimum Gasteiger partial charge on any atom is -0.454 e. The van der Waals surface area contributed by atoms with Crippen LogP contribution in [0.25, 0.3) is 0 Å². The van der Waals surface area contributed by atoms with E-state index in [0.29, 0.717) is 6.79 Å². The largest absolute Gasteiger partial charge is 0.454 e. The SMILES string of the molecule is Cc1c(Br)c(CC(C)N)cc2c1OCO2. The van der Waals surface area contributed by atoms with Crippen LogP contribution in [-0.2, 0) is 6.42 Å². The maximum absolute atomic E-state index is 5.80. The first kappa shape index (κ1) is 10.8. The lowest BCUT2D eigenvalue weighted by molar-refractivity contribution is 0.173. The highest BCUT2D eigenvalue weighted by Crippen LogP contribution is 2.41. The summed E-state index contributed by atoms with van der Waals surface area (Å²) in [4.78, 5) is 0. The van der Waals surface area contributed by atoms with E-state index in [4.69, 9.17) is 15.2 Å². The summed E-state index contributed by atoms with van der Waals surface area (Å²) in [5.41, 5.74) is 8.05. The summed E-state index contributed by atoms with van der Waals surface area (Å²) in [5.74, 6) is 1.67. The maximum atomic E-state index is 5.80. The second kappa shape index (κ2) is 4.02. The first-order valence-corrected chi connectivity index (χ1v) is 5.72. The molecule has 1 aliphatic heterocycles. The Morgan fingerprint density at radius 1 is 1.53 bits per heavy atom. The van der Waals surface area contributed by atoms with Gasteiger partial charge in [-0.1, -0.05) is 15.9 Å². The van der Waals surface area contributed by atoms with Crippen LogP contribution in [-0.4, -0.2) is 12.8 Å². The molecule has 1 aliphatic rings. The van der Waals surface area contributed by atoms with Crippen molar-refractivity contribution in [1.82, 2.24) is 0 Å². The summed E-state index contributed by atoms with van der Waals surface area (Å²) in [6.45, 7) is 4.32. The Bertz CT molecular complexity index is 391. The number of ether oxygens (including phenoxy) is 2. The van der Waals surface area contributed by atoms with Crippen molar-refractivity contribution in [3.05, 3.63) is 21.7 Å². The van der Waals surface area contributed by atoms with Gasteiger partial charge < -0.3 is 15.2 Å². The minimum atomic E-state index is 0.140. The lowest BCUT2D eigenvalue weighted by atomic mass is 10.0. The molecule has 1 aromatic rings. The molecule has 1 unspecified atom stereocenters. The third-order valence-electron chi connectivity index (χ3n) is 2.44. The number of hydrogen-bond donors (Lipinski definition) is 1. The van der Waals surface area contributed by atoms with E-state index < -0.39 is 0 Å². The van der Waals surface area contributed by atoms with Crippen molar-refractivity contribution in [1.29, 1.82) is 0 Å². The molecule has 0 aromatic heterocycles. The number of hydrogen-bond acceptors (Lipinski definition) is 3. The Kier molecular flexibility index (Phi) is 2.89. The first-order chi connectivity index (χ1) is 7.09. The van der Waals surface area contributed by atoms with E-state index in [2.05, 4.69) is 15.9 Å². The van der Waals surface area contributed by atoms with Crippen LogP contribution in [0, 0.1) is 6.92 Å². The Morgan fingerprint density at radius 3 is 2.93 bits per heavy atom. The van der Waals surface area contributed by atoms with Crippen LogP contribution in [0.3, 0.4) is 0 Å². The second-order valence-corrected chi connectivity index (χ2v) is 4.68. The average molecular weight is 272 g/mol. The molecule has 2 N–H and O–H groups in total. The molecule has 4 heteroatoms. The molecule has 15 heavy (non-hydrogen) atoms. The van der Waals surface area contributed by atoms with Crippen LogP contribution in [0.5, 0.6) is 11.5 Å². The highest BCUT2D eigenvalue weighted by molar-refractivity contribution is 9.10. The Morgan fingerprint density at radius 2 is 2.27 bits per heavy atom. The lowest BCUT2D eigenvalue weighted by Crippen LogP contribution is -2.18. The molecular weight excluding hydrogens is 258 g/mol. The normalized spacial score (nSPS) is 15.5. The monoisotopic (exact) mass is 271 g/mol. The van der Waals surface area contributed by atoms with Crippen LogP contribution < -0.4 is 15.2 Å². The number of benzene rings is 1. The Balaban J connectivity index is 2.44. The molecule has 2 rings (SSSR count). The number of halogens is 1. The average Bonchev–Trinajstić information content (AvgIpc) is 2.61. The summed E-state index contributed by atoms with van der Waals surface area (Å²) in [7, 11) is 0. The topological polar surface area (TPSA) is 44.5 Å². The molecule has 82 valence electrons. The summed E-state index contributed by atoms with van der Waals surface area (Å²) in [5, 5.41) is 0. The molecule has 0 saturated carbocycles. The molecular formula is C11H14BrNO2. The Hall–Kier alpha value is -0.740. The van der Waals surface area contributed by atoms with Crippen LogP contribution >= 0.6 is 15.9 Å². The summed E-state index contributed by atoms with van der Waals surface area (Å²) in [6, 6.07) is 2.14. The molecule has 0 radical (unpaired) electrons. The molecule has 0 fully saturated rings. The van der Waals surface area contributed by atoms with Crippen LogP contribution in [0.4, 0.5) is 0 Å². The first-order valence-electron chi connectivity index (χ1n) is 4.92. The van der Waals surface area contributed by atoms with E-state index in [9.17, 15) is 0 Å². The standard InChI is InChI=1S/C11H14BrNO2/c1-6(13)3-8-4-9-11(15-5-14-9)7(2)10(8)12/h4,6H,3,5,13H2,1-2H3. The third kappa shape index (κ3) is 1.96. The van der Waals surface area contributed by atoms with Gasteiger partial charge in [0.15, 0.2) is 11.5 Å². The van der Waals surface area contributed by atoms with E-state index in [1.54, 1.807) is 0 Å². The zero-order chi connectivity index (χ0) is 11.0. The van der Waals surface area contributed by atoms with Crippen molar-refractivity contribution in [3.63, 3.8) is 0 Å². The Labute approximate surface area is 97.7 Å². The van der Waals surface area contributed by atoms with E-state index >= 15 is 0 Å². The van der Waals surface area contributed by atoms with Crippen molar-refractivity contribution in [2.75, 3.05) is 6.79 Å².